The van der Waals surface area contributed by atoms with Gasteiger partial charge in [0.05, 0.1) is 31.8 Å². The predicted molar refractivity (Wildman–Crippen MR) is 89.3 cm³/mol. The van der Waals surface area contributed by atoms with Crippen LogP contribution in [0, 0.1) is 22.7 Å². The lowest BCUT2D eigenvalue weighted by Crippen LogP contribution is -2.33. The van der Waals surface area contributed by atoms with Crippen LogP contribution in [0.25, 0.3) is 0 Å². The third-order valence-electron chi connectivity index (χ3n) is 3.05. The maximum Gasteiger partial charge on any atom is 0.238 e. The largest absolute Gasteiger partial charge is 0.457 e. The van der Waals surface area contributed by atoms with Gasteiger partial charge in [-0.15, -0.1) is 0 Å². The Morgan fingerprint density at radius 3 is 2.33 bits per heavy atom. The van der Waals surface area contributed by atoms with Gasteiger partial charge in [-0.3, -0.25) is 9.69 Å². The van der Waals surface area contributed by atoms with Gasteiger partial charge in [-0.25, -0.2) is 0 Å². The van der Waals surface area contributed by atoms with E-state index in [1.165, 1.54) is 4.90 Å². The second-order valence-electron chi connectivity index (χ2n) is 4.95. The van der Waals surface area contributed by atoms with Crippen LogP contribution in [-0.2, 0) is 4.79 Å². The summed E-state index contributed by atoms with van der Waals surface area (Å²) in [6.45, 7) is 0.0289. The van der Waals surface area contributed by atoms with Crippen molar-refractivity contribution < 1.29 is 9.53 Å². The maximum absolute atomic E-state index is 12.0. The van der Waals surface area contributed by atoms with Gasteiger partial charge in [-0.05, 0) is 24.3 Å². The zero-order valence-corrected chi connectivity index (χ0v) is 13.0. The van der Waals surface area contributed by atoms with Gasteiger partial charge >= 0.3 is 0 Å². The molecule has 0 heterocycles. The van der Waals surface area contributed by atoms with Gasteiger partial charge in [0.1, 0.15) is 11.5 Å². The molecule has 0 aliphatic rings. The molecule has 0 bridgehead atoms. The third-order valence-corrected chi connectivity index (χ3v) is 3.05. The number of amides is 1. The molecule has 0 atom stereocenters. The van der Waals surface area contributed by atoms with Crippen LogP contribution in [0.3, 0.4) is 0 Å². The molecule has 0 spiro atoms. The number of nitriles is 2. The summed E-state index contributed by atoms with van der Waals surface area (Å²) in [7, 11) is 0. The van der Waals surface area contributed by atoms with Gasteiger partial charge in [0, 0.05) is 11.8 Å². The summed E-state index contributed by atoms with van der Waals surface area (Å²) in [5.74, 6) is 1.01. The Morgan fingerprint density at radius 1 is 1.00 bits per heavy atom. The molecule has 0 aliphatic carbocycles. The van der Waals surface area contributed by atoms with E-state index >= 15 is 0 Å². The van der Waals surface area contributed by atoms with E-state index in [9.17, 15) is 4.79 Å². The Labute approximate surface area is 140 Å². The van der Waals surface area contributed by atoms with Crippen molar-refractivity contribution in [3.05, 3.63) is 54.6 Å². The molecule has 6 heteroatoms. The van der Waals surface area contributed by atoms with Crippen molar-refractivity contribution in [2.24, 2.45) is 0 Å². The highest BCUT2D eigenvalue weighted by Crippen LogP contribution is 2.23. The fourth-order valence-electron chi connectivity index (χ4n) is 2.03. The number of hydrogen-bond donors (Lipinski definition) is 1. The van der Waals surface area contributed by atoms with Gasteiger partial charge in [0.25, 0.3) is 0 Å². The Kier molecular flexibility index (Phi) is 6.34. The molecule has 0 saturated heterocycles. The zero-order valence-electron chi connectivity index (χ0n) is 13.0. The molecule has 0 aliphatic heterocycles. The number of hydrogen-bond acceptors (Lipinski definition) is 5. The van der Waals surface area contributed by atoms with Crippen molar-refractivity contribution in [3.63, 3.8) is 0 Å². The molecule has 0 aromatic heterocycles. The van der Waals surface area contributed by atoms with Crippen molar-refractivity contribution in [1.82, 2.24) is 4.90 Å². The van der Waals surface area contributed by atoms with E-state index < -0.39 is 0 Å². The average Bonchev–Trinajstić information content (AvgIpc) is 2.56. The predicted octanol–water partition coefficient (Wildman–Crippen LogP) is 2.77. The van der Waals surface area contributed by atoms with E-state index in [-0.39, 0.29) is 25.5 Å². The Hall–Kier alpha value is -3.35. The van der Waals surface area contributed by atoms with Crippen LogP contribution in [0.5, 0.6) is 11.5 Å². The lowest BCUT2D eigenvalue weighted by molar-refractivity contribution is -0.117. The Morgan fingerprint density at radius 2 is 1.67 bits per heavy atom. The van der Waals surface area contributed by atoms with E-state index in [4.69, 9.17) is 15.3 Å². The summed E-state index contributed by atoms with van der Waals surface area (Å²) in [5, 5.41) is 20.1. The van der Waals surface area contributed by atoms with Crippen LogP contribution in [-0.4, -0.2) is 30.4 Å². The molecule has 120 valence electrons. The molecule has 6 nitrogen and oxygen atoms in total. The van der Waals surface area contributed by atoms with Gasteiger partial charge < -0.3 is 10.1 Å². The molecule has 2 rings (SSSR count). The van der Waals surface area contributed by atoms with Crippen molar-refractivity contribution in [2.75, 3.05) is 25.0 Å². The van der Waals surface area contributed by atoms with Crippen molar-refractivity contribution >= 4 is 11.6 Å². The zero-order chi connectivity index (χ0) is 17.2. The van der Waals surface area contributed by atoms with Gasteiger partial charge in [0.15, 0.2) is 0 Å². The highest BCUT2D eigenvalue weighted by molar-refractivity contribution is 5.92. The number of carbonyl (C=O) groups is 1. The fourth-order valence-corrected chi connectivity index (χ4v) is 2.03. The molecular formula is C18H16N4O2. The molecule has 0 unspecified atom stereocenters. The SMILES string of the molecule is N#CCN(CC#N)CC(=O)Nc1cccc(Oc2ccccc2)c1. The molecule has 1 amide bonds. The van der Waals surface area contributed by atoms with Gasteiger partial charge in [-0.1, -0.05) is 24.3 Å². The second-order valence-corrected chi connectivity index (χ2v) is 4.95. The minimum absolute atomic E-state index is 0.0229. The number of ether oxygens (including phenoxy) is 1. The number of nitrogens with zero attached hydrogens (tertiary/aromatic N) is 3. The number of para-hydroxylation sites is 1. The number of nitrogens with one attached hydrogen (secondary N) is 1. The second kappa shape index (κ2) is 8.94. The first-order chi connectivity index (χ1) is 11.7. The normalized spacial score (nSPS) is 9.79. The van der Waals surface area contributed by atoms with E-state index in [1.54, 1.807) is 24.3 Å². The van der Waals surface area contributed by atoms with Crippen LogP contribution in [0.15, 0.2) is 54.6 Å². The maximum atomic E-state index is 12.0. The summed E-state index contributed by atoms with van der Waals surface area (Å²) >= 11 is 0. The van der Waals surface area contributed by atoms with Crippen LogP contribution in [0.4, 0.5) is 5.69 Å². The molecule has 0 radical (unpaired) electrons. The van der Waals surface area contributed by atoms with Crippen LogP contribution >= 0.6 is 0 Å². The first-order valence-electron chi connectivity index (χ1n) is 7.30. The molecule has 2 aromatic rings. The lowest BCUT2D eigenvalue weighted by Gasteiger charge is -2.15. The van der Waals surface area contributed by atoms with E-state index in [0.29, 0.717) is 17.2 Å². The summed E-state index contributed by atoms with van der Waals surface area (Å²) < 4.78 is 5.71. The fraction of sp³-hybridized carbons (Fsp3) is 0.167. The monoisotopic (exact) mass is 320 g/mol. The Bertz CT molecular complexity index is 747. The van der Waals surface area contributed by atoms with E-state index in [0.717, 1.165) is 0 Å². The number of benzene rings is 2. The van der Waals surface area contributed by atoms with Crippen molar-refractivity contribution in [2.45, 2.75) is 0 Å². The van der Waals surface area contributed by atoms with Crippen LogP contribution < -0.4 is 10.1 Å². The minimum atomic E-state index is -0.294. The lowest BCUT2D eigenvalue weighted by atomic mass is 10.3. The summed E-state index contributed by atoms with van der Waals surface area (Å²) in [4.78, 5) is 13.5. The highest BCUT2D eigenvalue weighted by atomic mass is 16.5. The summed E-state index contributed by atoms with van der Waals surface area (Å²) in [6.07, 6.45) is 0. The molecule has 1 N–H and O–H groups in total. The van der Waals surface area contributed by atoms with Crippen LogP contribution in [0.1, 0.15) is 0 Å². The molecule has 0 fully saturated rings. The smallest absolute Gasteiger partial charge is 0.238 e. The van der Waals surface area contributed by atoms with Crippen molar-refractivity contribution in [3.8, 4) is 23.6 Å². The number of carbonyl (C=O) groups excluding carboxylic acids is 1. The standard InChI is InChI=1S/C18H16N4O2/c19-9-11-22(12-10-20)14-18(23)21-15-5-4-8-17(13-15)24-16-6-2-1-3-7-16/h1-8,13H,11-12,14H2,(H,21,23). The molecule has 24 heavy (non-hydrogen) atoms. The van der Waals surface area contributed by atoms with Gasteiger partial charge in [-0.2, -0.15) is 10.5 Å². The van der Waals surface area contributed by atoms with Gasteiger partial charge in [0.2, 0.25) is 5.91 Å². The van der Waals surface area contributed by atoms with E-state index in [2.05, 4.69) is 5.32 Å². The topological polar surface area (TPSA) is 89.2 Å². The van der Waals surface area contributed by atoms with Crippen molar-refractivity contribution in [1.29, 1.82) is 10.5 Å². The third kappa shape index (κ3) is 5.45. The first kappa shape index (κ1) is 17.0. The molecular weight excluding hydrogens is 304 g/mol. The van der Waals surface area contributed by atoms with E-state index in [1.807, 2.05) is 42.5 Å². The summed E-state index contributed by atoms with van der Waals surface area (Å²) in [5.41, 5.74) is 0.585. The average molecular weight is 320 g/mol. The number of rotatable bonds is 7. The summed E-state index contributed by atoms with van der Waals surface area (Å²) in [6, 6.07) is 20.2. The van der Waals surface area contributed by atoms with Crippen LogP contribution in [0.2, 0.25) is 0 Å². The quantitative estimate of drug-likeness (QED) is 0.792. The Balaban J connectivity index is 1.97. The highest BCUT2D eigenvalue weighted by Gasteiger charge is 2.10. The minimum Gasteiger partial charge on any atom is -0.457 e. The molecule has 2 aromatic carbocycles. The first-order valence-corrected chi connectivity index (χ1v) is 7.30. The molecule has 0 saturated carbocycles. The number of anilines is 1.